The molecule has 0 spiro atoms. The van der Waals surface area contributed by atoms with Gasteiger partial charge < -0.3 is 6.08 Å². The third-order valence-electron chi connectivity index (χ3n) is 1.24. The van der Waals surface area contributed by atoms with Crippen molar-refractivity contribution >= 4 is 38.7 Å². The number of hydrogen-bond acceptors (Lipinski definition) is 0. The third kappa shape index (κ3) is 11.6. The predicted octanol–water partition coefficient (Wildman–Crippen LogP) is 4.24. The molecular weight excluding hydrogens is 545 g/mol. The van der Waals surface area contributed by atoms with Gasteiger partial charge in [0.25, 0.3) is 0 Å². The molecule has 68 valence electrons. The van der Waals surface area contributed by atoms with E-state index in [4.69, 9.17) is 0 Å². The van der Waals surface area contributed by atoms with Gasteiger partial charge in [0, 0.05) is 0 Å². The standard InChI is InChI=1S/C8H11.2HI.Pt/c1-2-4-6-8-7-5-3-1;;;/h1-2,7H,3-6H2;2*1H;/q-1;;;+2/p-2. The first-order chi connectivity index (χ1) is 5.41. The van der Waals surface area contributed by atoms with E-state index in [9.17, 15) is 0 Å². The van der Waals surface area contributed by atoms with Crippen LogP contribution in [-0.4, -0.2) is 0 Å². The topological polar surface area (TPSA) is 0 Å². The Morgan fingerprint density at radius 3 is 2.45 bits per heavy atom. The second kappa shape index (κ2) is 11.6. The van der Waals surface area contributed by atoms with Crippen LogP contribution in [0.5, 0.6) is 0 Å². The van der Waals surface area contributed by atoms with E-state index >= 15 is 0 Å². The number of allylic oxidation sites excluding steroid dienone is 4. The summed E-state index contributed by atoms with van der Waals surface area (Å²) in [5, 5.41) is 0. The second-order valence-corrected chi connectivity index (χ2v) is 18.6. The Balaban J connectivity index is 0.000000292. The van der Waals surface area contributed by atoms with Crippen molar-refractivity contribution in [2.75, 3.05) is 0 Å². The normalized spacial score (nSPS) is 16.5. The Morgan fingerprint density at radius 1 is 1.09 bits per heavy atom. The van der Waals surface area contributed by atoms with E-state index in [2.05, 4.69) is 63.0 Å². The molecule has 0 aromatic carbocycles. The molecule has 0 amide bonds. The molecule has 0 atom stereocenters. The Kier molecular flexibility index (Phi) is 13.3. The van der Waals surface area contributed by atoms with Crippen molar-refractivity contribution in [1.29, 1.82) is 0 Å². The van der Waals surface area contributed by atoms with Gasteiger partial charge in [-0.2, -0.15) is 6.42 Å². The summed E-state index contributed by atoms with van der Waals surface area (Å²) in [7, 11) is 0. The zero-order chi connectivity index (χ0) is 8.36. The molecule has 0 aromatic rings. The first-order valence-corrected chi connectivity index (χ1v) is 16.3. The average Bonchev–Trinajstić information content (AvgIpc) is 1.86. The van der Waals surface area contributed by atoms with Crippen LogP contribution >= 0.6 is 38.7 Å². The molecule has 0 saturated carbocycles. The van der Waals surface area contributed by atoms with Gasteiger partial charge >= 0.3 is 49.9 Å². The van der Waals surface area contributed by atoms with Crippen molar-refractivity contribution < 1.29 is 11.2 Å². The van der Waals surface area contributed by atoms with Crippen LogP contribution < -0.4 is 0 Å². The molecule has 1 rings (SSSR count). The first-order valence-electron chi connectivity index (χ1n) is 3.44. The molecule has 11 heavy (non-hydrogen) atoms. The molecule has 1 aliphatic rings. The van der Waals surface area contributed by atoms with E-state index in [-0.39, 0.29) is 0 Å². The summed E-state index contributed by atoms with van der Waals surface area (Å²) in [4.78, 5) is 0. The van der Waals surface area contributed by atoms with Crippen molar-refractivity contribution in [3.8, 4) is 0 Å². The van der Waals surface area contributed by atoms with E-state index in [0.29, 0.717) is 11.2 Å². The van der Waals surface area contributed by atoms with Gasteiger partial charge in [-0.15, -0.1) is 0 Å². The molecule has 0 radical (unpaired) electrons. The van der Waals surface area contributed by atoms with E-state index in [1.807, 2.05) is 0 Å². The van der Waals surface area contributed by atoms with Crippen molar-refractivity contribution in [3.05, 3.63) is 24.3 Å². The summed E-state index contributed by atoms with van der Waals surface area (Å²) in [6.07, 6.45) is 14.5. The van der Waals surface area contributed by atoms with Crippen molar-refractivity contribution in [3.63, 3.8) is 0 Å². The van der Waals surface area contributed by atoms with Crippen LogP contribution in [0.1, 0.15) is 25.7 Å². The molecule has 0 aliphatic heterocycles. The van der Waals surface area contributed by atoms with E-state index < -0.39 is 0 Å². The minimum absolute atomic E-state index is 0.523. The maximum absolute atomic E-state index is 3.21. The molecule has 1 aliphatic carbocycles. The number of halogens is 2. The van der Waals surface area contributed by atoms with Crippen molar-refractivity contribution in [2.24, 2.45) is 0 Å². The van der Waals surface area contributed by atoms with Gasteiger partial charge in [-0.05, 0) is 6.42 Å². The molecule has 0 heterocycles. The van der Waals surface area contributed by atoms with Gasteiger partial charge in [-0.1, -0.05) is 25.0 Å². The van der Waals surface area contributed by atoms with Gasteiger partial charge in [0.15, 0.2) is 0 Å². The monoisotopic (exact) mass is 556 g/mol. The second-order valence-electron chi connectivity index (χ2n) is 2.04. The van der Waals surface area contributed by atoms with Gasteiger partial charge in [0.1, 0.15) is 0 Å². The van der Waals surface area contributed by atoms with Crippen molar-refractivity contribution in [1.82, 2.24) is 0 Å². The van der Waals surface area contributed by atoms with Crippen LogP contribution in [-0.2, 0) is 11.2 Å². The molecule has 0 unspecified atom stereocenters. The Bertz CT molecular complexity index is 95.3. The molecule has 0 nitrogen and oxygen atoms in total. The Morgan fingerprint density at radius 2 is 1.73 bits per heavy atom. The van der Waals surface area contributed by atoms with E-state index in [1.54, 1.807) is 0 Å². The SMILES string of the molecule is [C-]1=CCCC=CCC1.[I][Pt][I]. The van der Waals surface area contributed by atoms with Crippen LogP contribution in [0, 0.1) is 6.08 Å². The van der Waals surface area contributed by atoms with Crippen LogP contribution in [0.2, 0.25) is 0 Å². The Hall–Kier alpha value is 1.63. The Labute approximate surface area is 98.5 Å². The summed E-state index contributed by atoms with van der Waals surface area (Å²) in [6, 6.07) is 0. The van der Waals surface area contributed by atoms with Crippen LogP contribution in [0.25, 0.3) is 0 Å². The molecule has 0 bridgehead atoms. The van der Waals surface area contributed by atoms with Crippen molar-refractivity contribution in [2.45, 2.75) is 25.7 Å². The summed E-state index contributed by atoms with van der Waals surface area (Å²) in [5.74, 6) is 0. The zero-order valence-electron chi connectivity index (χ0n) is 6.13. The minimum atomic E-state index is 0.523. The summed E-state index contributed by atoms with van der Waals surface area (Å²) >= 11 is 5.30. The average molecular weight is 556 g/mol. The quantitative estimate of drug-likeness (QED) is 0.238. The number of hydrogen-bond donors (Lipinski definition) is 0. The van der Waals surface area contributed by atoms with Gasteiger partial charge in [0.05, 0.1) is 0 Å². The van der Waals surface area contributed by atoms with Gasteiger partial charge in [-0.3, -0.25) is 6.08 Å². The van der Waals surface area contributed by atoms with Gasteiger partial charge in [-0.25, -0.2) is 0 Å². The molecule has 0 saturated heterocycles. The fourth-order valence-electron chi connectivity index (χ4n) is 0.786. The summed E-state index contributed by atoms with van der Waals surface area (Å²) in [6.45, 7) is 0. The predicted molar refractivity (Wildman–Crippen MR) is 63.5 cm³/mol. The molecule has 0 fully saturated rings. The summed E-state index contributed by atoms with van der Waals surface area (Å²) in [5.41, 5.74) is 0. The van der Waals surface area contributed by atoms with E-state index in [0.717, 1.165) is 6.42 Å². The third-order valence-corrected chi connectivity index (χ3v) is 1.24. The molecular formula is C8H11I2Pt-. The molecule has 0 aromatic heterocycles. The maximum atomic E-state index is 3.21. The molecule has 0 N–H and O–H groups in total. The molecule has 3 heteroatoms. The van der Waals surface area contributed by atoms with Crippen LogP contribution in [0.15, 0.2) is 18.2 Å². The first kappa shape index (κ1) is 12.6. The fourth-order valence-corrected chi connectivity index (χ4v) is 0.786. The summed E-state index contributed by atoms with van der Waals surface area (Å²) < 4.78 is 0. The number of rotatable bonds is 0. The van der Waals surface area contributed by atoms with Crippen LogP contribution in [0.4, 0.5) is 0 Å². The fraction of sp³-hybridized carbons (Fsp3) is 0.500. The van der Waals surface area contributed by atoms with Gasteiger partial charge in [0.2, 0.25) is 0 Å². The zero-order valence-corrected chi connectivity index (χ0v) is 12.7. The van der Waals surface area contributed by atoms with E-state index in [1.165, 1.54) is 19.3 Å². The van der Waals surface area contributed by atoms with Crippen LogP contribution in [0.3, 0.4) is 0 Å².